The van der Waals surface area contributed by atoms with E-state index in [2.05, 4.69) is 20.3 Å². The molecule has 14 heteroatoms. The number of rotatable bonds is 17. The minimum atomic E-state index is -1.14. The standard InChI is InChI=1S/C32H43FN8O5/c1-32(2,45)13-12-20(28(35)42)17-27(46-30(44)22(34)9-6-14-38-31(36)37)25(16-19-7-5-8-21(33)15-19)41-29(43)26-18-39-23-10-3-4-11-24(23)40-26/h3-5,7-8,10-11,15,18,20,22,25,27,45H,6,9,12-14,16-17,34H2,1-2H3,(H2,35,42)(H,41,43)(H4,36,37,38)/t20?,22?,25-,27?/m0/s1. The Morgan fingerprint density at radius 3 is 2.43 bits per heavy atom. The van der Waals surface area contributed by atoms with E-state index in [1.807, 2.05) is 0 Å². The quantitative estimate of drug-likeness (QED) is 0.0538. The van der Waals surface area contributed by atoms with E-state index in [1.54, 1.807) is 44.2 Å². The third-order valence-electron chi connectivity index (χ3n) is 7.35. The summed E-state index contributed by atoms with van der Waals surface area (Å²) >= 11 is 0. The van der Waals surface area contributed by atoms with Crippen LogP contribution >= 0.6 is 0 Å². The lowest BCUT2D eigenvalue weighted by atomic mass is 9.87. The fourth-order valence-corrected chi connectivity index (χ4v) is 4.85. The van der Waals surface area contributed by atoms with Gasteiger partial charge in [-0.3, -0.25) is 24.4 Å². The number of nitrogens with one attached hydrogen (secondary N) is 1. The van der Waals surface area contributed by atoms with E-state index >= 15 is 0 Å². The molecule has 46 heavy (non-hydrogen) atoms. The van der Waals surface area contributed by atoms with Gasteiger partial charge in [-0.15, -0.1) is 0 Å². The van der Waals surface area contributed by atoms with Gasteiger partial charge in [0.2, 0.25) is 5.91 Å². The first-order valence-corrected chi connectivity index (χ1v) is 15.0. The molecule has 2 aromatic carbocycles. The highest BCUT2D eigenvalue weighted by Crippen LogP contribution is 2.24. The molecule has 0 bridgehead atoms. The number of nitrogens with two attached hydrogens (primary N) is 4. The van der Waals surface area contributed by atoms with Crippen molar-refractivity contribution in [2.75, 3.05) is 6.54 Å². The number of guanidine groups is 1. The number of aromatic nitrogens is 2. The van der Waals surface area contributed by atoms with Crippen LogP contribution in [0.15, 0.2) is 59.7 Å². The lowest BCUT2D eigenvalue weighted by molar-refractivity contribution is -0.154. The lowest BCUT2D eigenvalue weighted by Crippen LogP contribution is -2.50. The van der Waals surface area contributed by atoms with Gasteiger partial charge in [0.15, 0.2) is 5.96 Å². The monoisotopic (exact) mass is 638 g/mol. The third-order valence-corrected chi connectivity index (χ3v) is 7.35. The fourth-order valence-electron chi connectivity index (χ4n) is 4.85. The van der Waals surface area contributed by atoms with Gasteiger partial charge in [-0.2, -0.15) is 0 Å². The van der Waals surface area contributed by atoms with Crippen molar-refractivity contribution >= 4 is 34.8 Å². The molecule has 10 N–H and O–H groups in total. The minimum absolute atomic E-state index is 0.00191. The molecule has 0 aliphatic heterocycles. The van der Waals surface area contributed by atoms with Gasteiger partial charge >= 0.3 is 5.97 Å². The van der Waals surface area contributed by atoms with Crippen LogP contribution in [0.1, 0.15) is 62.0 Å². The van der Waals surface area contributed by atoms with Crippen LogP contribution in [0.5, 0.6) is 0 Å². The summed E-state index contributed by atoms with van der Waals surface area (Å²) < 4.78 is 20.1. The summed E-state index contributed by atoms with van der Waals surface area (Å²) in [6.45, 7) is 3.45. The number of nitrogens with zero attached hydrogens (tertiary/aromatic N) is 3. The largest absolute Gasteiger partial charge is 0.459 e. The van der Waals surface area contributed by atoms with E-state index < -0.39 is 53.3 Å². The van der Waals surface area contributed by atoms with Crippen LogP contribution in [-0.4, -0.2) is 69.2 Å². The molecule has 0 fully saturated rings. The van der Waals surface area contributed by atoms with E-state index in [-0.39, 0.29) is 50.3 Å². The molecule has 1 aromatic heterocycles. The number of carbonyl (C=O) groups excluding carboxylic acids is 3. The number of aliphatic imine (C=N–C) groups is 1. The van der Waals surface area contributed by atoms with Crippen molar-refractivity contribution in [3.05, 3.63) is 71.8 Å². The summed E-state index contributed by atoms with van der Waals surface area (Å²) in [4.78, 5) is 52.0. The van der Waals surface area contributed by atoms with Crippen molar-refractivity contribution < 1.29 is 28.6 Å². The zero-order valence-corrected chi connectivity index (χ0v) is 26.1. The van der Waals surface area contributed by atoms with Gasteiger partial charge in [0, 0.05) is 12.5 Å². The Labute approximate surface area is 267 Å². The van der Waals surface area contributed by atoms with E-state index in [0.29, 0.717) is 23.0 Å². The molecular formula is C32H43FN8O5. The predicted octanol–water partition coefficient (Wildman–Crippen LogP) is 1.45. The Kier molecular flexibility index (Phi) is 12.9. The van der Waals surface area contributed by atoms with Crippen molar-refractivity contribution in [3.63, 3.8) is 0 Å². The summed E-state index contributed by atoms with van der Waals surface area (Å²) in [5, 5.41) is 13.2. The second-order valence-corrected chi connectivity index (χ2v) is 11.9. The number of benzene rings is 2. The molecular weight excluding hydrogens is 595 g/mol. The van der Waals surface area contributed by atoms with Crippen LogP contribution < -0.4 is 28.3 Å². The first-order valence-electron chi connectivity index (χ1n) is 15.0. The molecule has 4 atom stereocenters. The molecule has 0 aliphatic rings. The number of para-hydroxylation sites is 2. The SMILES string of the molecule is CC(C)(O)CCC(CC(OC(=O)C(N)CCCN=C(N)N)[C@H](Cc1cccc(F)c1)NC(=O)c1cnc2ccccc2n1)C(N)=O. The number of halogens is 1. The van der Waals surface area contributed by atoms with Gasteiger partial charge in [0.25, 0.3) is 5.91 Å². The van der Waals surface area contributed by atoms with Crippen LogP contribution in [0.4, 0.5) is 4.39 Å². The first-order chi connectivity index (χ1) is 21.7. The zero-order chi connectivity index (χ0) is 33.9. The number of hydrogen-bond donors (Lipinski definition) is 6. The lowest BCUT2D eigenvalue weighted by Gasteiger charge is -2.31. The number of ether oxygens (including phenoxy) is 1. The molecule has 0 radical (unpaired) electrons. The Bertz CT molecular complexity index is 1530. The molecule has 2 amide bonds. The molecule has 0 saturated heterocycles. The average molecular weight is 639 g/mol. The van der Waals surface area contributed by atoms with E-state index in [4.69, 9.17) is 27.7 Å². The van der Waals surface area contributed by atoms with Gasteiger partial charge in [0.05, 0.1) is 28.9 Å². The Balaban J connectivity index is 1.96. The zero-order valence-electron chi connectivity index (χ0n) is 26.1. The van der Waals surface area contributed by atoms with Crippen LogP contribution in [-0.2, 0) is 20.7 Å². The van der Waals surface area contributed by atoms with E-state index in [9.17, 15) is 23.9 Å². The number of carbonyl (C=O) groups is 3. The molecule has 3 rings (SSSR count). The van der Waals surface area contributed by atoms with Crippen LogP contribution in [0.3, 0.4) is 0 Å². The van der Waals surface area contributed by atoms with Gasteiger partial charge in [0.1, 0.15) is 23.7 Å². The van der Waals surface area contributed by atoms with Gasteiger partial charge in [-0.25, -0.2) is 9.37 Å². The van der Waals surface area contributed by atoms with Gasteiger partial charge < -0.3 is 38.1 Å². The number of esters is 1. The topological polar surface area (TPSA) is 235 Å². The maximum Gasteiger partial charge on any atom is 0.323 e. The third kappa shape index (κ3) is 11.7. The smallest absolute Gasteiger partial charge is 0.323 e. The minimum Gasteiger partial charge on any atom is -0.459 e. The Morgan fingerprint density at radius 1 is 1.07 bits per heavy atom. The summed E-state index contributed by atoms with van der Waals surface area (Å²) in [5.41, 5.74) is 23.1. The molecule has 0 aliphatic carbocycles. The molecule has 3 aromatic rings. The predicted molar refractivity (Wildman–Crippen MR) is 171 cm³/mol. The number of primary amides is 1. The number of fused-ring (bicyclic) bond motifs is 1. The molecule has 1 heterocycles. The maximum absolute atomic E-state index is 14.2. The highest BCUT2D eigenvalue weighted by Gasteiger charge is 2.34. The van der Waals surface area contributed by atoms with Crippen molar-refractivity contribution in [1.82, 2.24) is 15.3 Å². The Morgan fingerprint density at radius 2 is 1.78 bits per heavy atom. The highest BCUT2D eigenvalue weighted by atomic mass is 19.1. The van der Waals surface area contributed by atoms with Gasteiger partial charge in [-0.1, -0.05) is 24.3 Å². The summed E-state index contributed by atoms with van der Waals surface area (Å²) in [5.74, 6) is -3.54. The molecule has 3 unspecified atom stereocenters. The fraction of sp³-hybridized carbons (Fsp3) is 0.438. The van der Waals surface area contributed by atoms with Crippen molar-refractivity contribution in [2.45, 2.75) is 76.2 Å². The molecule has 13 nitrogen and oxygen atoms in total. The average Bonchev–Trinajstić information content (AvgIpc) is 2.99. The van der Waals surface area contributed by atoms with Gasteiger partial charge in [-0.05, 0) is 82.2 Å². The summed E-state index contributed by atoms with van der Waals surface area (Å²) in [6.07, 6.45) is 1.05. The van der Waals surface area contributed by atoms with E-state index in [0.717, 1.165) is 0 Å². The molecule has 0 saturated carbocycles. The van der Waals surface area contributed by atoms with E-state index in [1.165, 1.54) is 24.4 Å². The summed E-state index contributed by atoms with van der Waals surface area (Å²) in [6, 6.07) is 10.7. The van der Waals surface area contributed by atoms with Crippen LogP contribution in [0.2, 0.25) is 0 Å². The van der Waals surface area contributed by atoms with Crippen molar-refractivity contribution in [3.8, 4) is 0 Å². The first kappa shape index (κ1) is 35.8. The van der Waals surface area contributed by atoms with Crippen molar-refractivity contribution in [1.29, 1.82) is 0 Å². The van der Waals surface area contributed by atoms with Crippen LogP contribution in [0, 0.1) is 11.7 Å². The second kappa shape index (κ2) is 16.6. The highest BCUT2D eigenvalue weighted by molar-refractivity contribution is 5.94. The Hall–Kier alpha value is -4.69. The maximum atomic E-state index is 14.2. The number of amides is 2. The number of aliphatic hydroxyl groups is 1. The molecule has 248 valence electrons. The number of hydrogen-bond acceptors (Lipinski definition) is 9. The molecule has 0 spiro atoms. The normalized spacial score (nSPS) is 14.1. The summed E-state index contributed by atoms with van der Waals surface area (Å²) in [7, 11) is 0. The van der Waals surface area contributed by atoms with Crippen LogP contribution in [0.25, 0.3) is 11.0 Å². The second-order valence-electron chi connectivity index (χ2n) is 11.9. The van der Waals surface area contributed by atoms with Crippen molar-refractivity contribution in [2.24, 2.45) is 33.8 Å².